The fourth-order valence-corrected chi connectivity index (χ4v) is 4.03. The lowest BCUT2D eigenvalue weighted by molar-refractivity contribution is 0.0987. The van der Waals surface area contributed by atoms with Gasteiger partial charge in [-0.3, -0.25) is 4.79 Å². The van der Waals surface area contributed by atoms with Gasteiger partial charge in [-0.05, 0) is 67.4 Å². The summed E-state index contributed by atoms with van der Waals surface area (Å²) in [6, 6.07) is 14.5. The maximum Gasteiger partial charge on any atom is 0.175 e. The second-order valence-electron chi connectivity index (χ2n) is 7.21. The van der Waals surface area contributed by atoms with Gasteiger partial charge < -0.3 is 9.64 Å². The number of nitrogens with zero attached hydrogens (tertiary/aromatic N) is 1. The topological polar surface area (TPSA) is 29.5 Å². The zero-order chi connectivity index (χ0) is 17.7. The minimum Gasteiger partial charge on any atom is -0.497 e. The molecule has 0 radical (unpaired) electrons. The number of hydrogen-bond donors (Lipinski definition) is 0. The summed E-state index contributed by atoms with van der Waals surface area (Å²) in [6.07, 6.45) is 0.917. The van der Waals surface area contributed by atoms with E-state index in [1.165, 1.54) is 16.7 Å². The molecule has 0 amide bonds. The summed E-state index contributed by atoms with van der Waals surface area (Å²) in [4.78, 5) is 15.3. The van der Waals surface area contributed by atoms with Gasteiger partial charge in [-0.2, -0.15) is 0 Å². The van der Waals surface area contributed by atoms with E-state index in [0.717, 1.165) is 28.9 Å². The van der Waals surface area contributed by atoms with Gasteiger partial charge >= 0.3 is 0 Å². The van der Waals surface area contributed by atoms with Crippen LogP contribution in [0.15, 0.2) is 42.5 Å². The van der Waals surface area contributed by atoms with E-state index in [9.17, 15) is 4.79 Å². The molecule has 25 heavy (non-hydrogen) atoms. The summed E-state index contributed by atoms with van der Waals surface area (Å²) in [5, 5.41) is 0. The molecule has 0 saturated carbocycles. The molecular weight excluding hydrogens is 310 g/mol. The van der Waals surface area contributed by atoms with Crippen LogP contribution in [0, 0.1) is 0 Å². The summed E-state index contributed by atoms with van der Waals surface area (Å²) >= 11 is 0. The van der Waals surface area contributed by atoms with Crippen LogP contribution >= 0.6 is 0 Å². The molecule has 3 nitrogen and oxygen atoms in total. The fourth-order valence-electron chi connectivity index (χ4n) is 4.03. The number of methoxy groups -OCH3 is 1. The zero-order valence-corrected chi connectivity index (χ0v) is 15.2. The first kappa shape index (κ1) is 16.1. The lowest BCUT2D eigenvalue weighted by Crippen LogP contribution is -2.24. The Kier molecular flexibility index (Phi) is 3.77. The third-order valence-corrected chi connectivity index (χ3v) is 5.64. The van der Waals surface area contributed by atoms with Crippen LogP contribution in [0.3, 0.4) is 0 Å². The molecule has 0 spiro atoms. The molecule has 0 bridgehead atoms. The summed E-state index contributed by atoms with van der Waals surface area (Å²) in [7, 11) is 5.89. The predicted octanol–water partition coefficient (Wildman–Crippen LogP) is 4.24. The first-order valence-electron chi connectivity index (χ1n) is 8.74. The van der Waals surface area contributed by atoms with Crippen LogP contribution in [0.4, 0.5) is 0 Å². The van der Waals surface area contributed by atoms with E-state index < -0.39 is 0 Å². The number of ketones is 1. The highest BCUT2D eigenvalue weighted by atomic mass is 16.5. The van der Waals surface area contributed by atoms with Crippen LogP contribution in [0.2, 0.25) is 0 Å². The van der Waals surface area contributed by atoms with Crippen molar-refractivity contribution in [1.82, 2.24) is 4.90 Å². The minimum absolute atomic E-state index is 0.150. The first-order valence-corrected chi connectivity index (χ1v) is 8.74. The first-order chi connectivity index (χ1) is 12.0. The standard InChI is InChI=1S/C22H23NO2/c1-13(23(2)3)11-19-18-12-14(25-4)9-10-16(18)21-20(19)15-7-5-6-8-17(15)22(21)24/h5-10,12-13,21H,11H2,1-4H3. The minimum atomic E-state index is -0.150. The van der Waals surface area contributed by atoms with Crippen molar-refractivity contribution < 1.29 is 9.53 Å². The Morgan fingerprint density at radius 1 is 1.08 bits per heavy atom. The SMILES string of the molecule is COc1ccc2c(c1)C(CC(C)N(C)C)=C1c3ccccc3C(=O)C12. The van der Waals surface area contributed by atoms with Crippen molar-refractivity contribution in [2.75, 3.05) is 21.2 Å². The third kappa shape index (κ3) is 2.34. The molecule has 0 aliphatic heterocycles. The van der Waals surface area contributed by atoms with Crippen molar-refractivity contribution in [3.05, 3.63) is 64.7 Å². The van der Waals surface area contributed by atoms with Crippen LogP contribution in [-0.4, -0.2) is 37.9 Å². The molecular formula is C22H23NO2. The molecule has 0 heterocycles. The van der Waals surface area contributed by atoms with Gasteiger partial charge in [0.05, 0.1) is 13.0 Å². The number of fused-ring (bicyclic) bond motifs is 5. The van der Waals surface area contributed by atoms with E-state index in [-0.39, 0.29) is 11.7 Å². The highest BCUT2D eigenvalue weighted by molar-refractivity contribution is 6.24. The van der Waals surface area contributed by atoms with Gasteiger partial charge in [-0.25, -0.2) is 0 Å². The van der Waals surface area contributed by atoms with Crippen LogP contribution in [-0.2, 0) is 0 Å². The predicted molar refractivity (Wildman–Crippen MR) is 101 cm³/mol. The summed E-state index contributed by atoms with van der Waals surface area (Å²) < 4.78 is 5.44. The van der Waals surface area contributed by atoms with Crippen molar-refractivity contribution in [1.29, 1.82) is 0 Å². The number of hydrogen-bond acceptors (Lipinski definition) is 3. The molecule has 2 aliphatic rings. The average molecular weight is 333 g/mol. The Labute approximate surface area is 148 Å². The Balaban J connectivity index is 1.94. The van der Waals surface area contributed by atoms with E-state index >= 15 is 0 Å². The summed E-state index contributed by atoms with van der Waals surface area (Å²) in [5.41, 5.74) is 6.76. The van der Waals surface area contributed by atoms with Crippen molar-refractivity contribution in [3.63, 3.8) is 0 Å². The fraction of sp³-hybridized carbons (Fsp3) is 0.318. The van der Waals surface area contributed by atoms with Crippen molar-refractivity contribution in [2.45, 2.75) is 25.3 Å². The van der Waals surface area contributed by atoms with E-state index in [4.69, 9.17) is 4.74 Å². The van der Waals surface area contributed by atoms with Crippen LogP contribution in [0.5, 0.6) is 5.75 Å². The Hall–Kier alpha value is -2.39. The van der Waals surface area contributed by atoms with Crippen molar-refractivity contribution in [2.24, 2.45) is 0 Å². The molecule has 2 atom stereocenters. The van der Waals surface area contributed by atoms with Gasteiger partial charge in [0.2, 0.25) is 0 Å². The van der Waals surface area contributed by atoms with E-state index in [0.29, 0.717) is 6.04 Å². The maximum absolute atomic E-state index is 13.1. The molecule has 128 valence electrons. The Morgan fingerprint density at radius 2 is 1.80 bits per heavy atom. The van der Waals surface area contributed by atoms with E-state index in [1.807, 2.05) is 24.3 Å². The second kappa shape index (κ2) is 5.85. The number of carbonyl (C=O) groups excluding carboxylic acids is 1. The van der Waals surface area contributed by atoms with Gasteiger partial charge in [0.25, 0.3) is 0 Å². The molecule has 2 aromatic rings. The molecule has 2 aliphatic carbocycles. The molecule has 4 rings (SSSR count). The Bertz CT molecular complexity index is 895. The maximum atomic E-state index is 13.1. The molecule has 0 fully saturated rings. The highest BCUT2D eigenvalue weighted by Gasteiger charge is 2.43. The third-order valence-electron chi connectivity index (χ3n) is 5.64. The molecule has 2 aromatic carbocycles. The van der Waals surface area contributed by atoms with Crippen LogP contribution in [0.1, 0.15) is 46.3 Å². The summed E-state index contributed by atoms with van der Waals surface area (Å²) in [6.45, 7) is 2.23. The van der Waals surface area contributed by atoms with Gasteiger partial charge in [0, 0.05) is 11.6 Å². The molecule has 0 aromatic heterocycles. The lowest BCUT2D eigenvalue weighted by atomic mass is 9.95. The zero-order valence-electron chi connectivity index (χ0n) is 15.2. The van der Waals surface area contributed by atoms with E-state index in [2.05, 4.69) is 44.1 Å². The number of Topliss-reactive ketones (excluding diaryl/α,β-unsaturated/α-hetero) is 1. The molecule has 2 unspecified atom stereocenters. The van der Waals surface area contributed by atoms with E-state index in [1.54, 1.807) is 7.11 Å². The normalized spacial score (nSPS) is 19.1. The highest BCUT2D eigenvalue weighted by Crippen LogP contribution is 2.55. The smallest absolute Gasteiger partial charge is 0.175 e. The number of rotatable bonds is 4. The Morgan fingerprint density at radius 3 is 2.48 bits per heavy atom. The van der Waals surface area contributed by atoms with Gasteiger partial charge in [-0.1, -0.05) is 30.3 Å². The number of ether oxygens (including phenoxy) is 1. The average Bonchev–Trinajstić information content (AvgIpc) is 3.09. The lowest BCUT2D eigenvalue weighted by Gasteiger charge is -2.21. The van der Waals surface area contributed by atoms with Crippen LogP contribution in [0.25, 0.3) is 11.1 Å². The quantitative estimate of drug-likeness (QED) is 0.838. The van der Waals surface area contributed by atoms with Gasteiger partial charge in [-0.15, -0.1) is 0 Å². The van der Waals surface area contributed by atoms with Crippen molar-refractivity contribution in [3.8, 4) is 5.75 Å². The largest absolute Gasteiger partial charge is 0.497 e. The molecule has 0 N–H and O–H groups in total. The molecule has 0 saturated heterocycles. The number of benzene rings is 2. The number of allylic oxidation sites excluding steroid dienone is 1. The number of carbonyl (C=O) groups is 1. The summed E-state index contributed by atoms with van der Waals surface area (Å²) in [5.74, 6) is 0.919. The van der Waals surface area contributed by atoms with Gasteiger partial charge in [0.1, 0.15) is 5.75 Å². The van der Waals surface area contributed by atoms with Crippen LogP contribution < -0.4 is 4.74 Å². The molecule has 3 heteroatoms. The van der Waals surface area contributed by atoms with Crippen molar-refractivity contribution >= 4 is 16.9 Å². The second-order valence-corrected chi connectivity index (χ2v) is 7.21. The monoisotopic (exact) mass is 333 g/mol. The van der Waals surface area contributed by atoms with Gasteiger partial charge in [0.15, 0.2) is 5.78 Å².